The molecule has 98 valence electrons. The monoisotopic (exact) mass is 237 g/mol. The first kappa shape index (κ1) is 11.9. The van der Waals surface area contributed by atoms with E-state index >= 15 is 0 Å². The van der Waals surface area contributed by atoms with Crippen molar-refractivity contribution in [1.82, 2.24) is 15.1 Å². The van der Waals surface area contributed by atoms with Crippen molar-refractivity contribution < 1.29 is 0 Å². The Labute approximate surface area is 106 Å². The normalized spacial score (nSPS) is 40.4. The maximum Gasteiger partial charge on any atom is 0.0262 e. The molecule has 3 fully saturated rings. The molecule has 0 aromatic heterocycles. The third-order valence-corrected chi connectivity index (χ3v) is 5.17. The van der Waals surface area contributed by atoms with E-state index in [1.807, 2.05) is 0 Å². The fourth-order valence-electron chi connectivity index (χ4n) is 4.04. The highest BCUT2D eigenvalue weighted by Crippen LogP contribution is 2.26. The molecule has 0 aliphatic carbocycles. The van der Waals surface area contributed by atoms with Crippen LogP contribution in [0.5, 0.6) is 0 Å². The maximum absolute atomic E-state index is 3.59. The summed E-state index contributed by atoms with van der Waals surface area (Å²) < 4.78 is 0. The predicted molar refractivity (Wildman–Crippen MR) is 71.2 cm³/mol. The number of nitrogens with one attached hydrogen (secondary N) is 1. The van der Waals surface area contributed by atoms with Crippen LogP contribution in [0.25, 0.3) is 0 Å². The molecule has 17 heavy (non-hydrogen) atoms. The van der Waals surface area contributed by atoms with Crippen LogP contribution >= 0.6 is 0 Å². The van der Waals surface area contributed by atoms with Gasteiger partial charge >= 0.3 is 0 Å². The Morgan fingerprint density at radius 3 is 2.82 bits per heavy atom. The molecule has 0 saturated carbocycles. The minimum atomic E-state index is 0.823. The van der Waals surface area contributed by atoms with E-state index in [1.165, 1.54) is 65.0 Å². The van der Waals surface area contributed by atoms with Gasteiger partial charge in [-0.15, -0.1) is 0 Å². The second-order valence-electron chi connectivity index (χ2n) is 6.07. The van der Waals surface area contributed by atoms with E-state index in [2.05, 4.69) is 22.0 Å². The summed E-state index contributed by atoms with van der Waals surface area (Å²) in [5, 5.41) is 3.59. The first-order valence-corrected chi connectivity index (χ1v) is 7.57. The fourth-order valence-corrected chi connectivity index (χ4v) is 4.04. The number of fused-ring (bicyclic) bond motifs is 1. The lowest BCUT2D eigenvalue weighted by atomic mass is 9.94. The zero-order valence-corrected chi connectivity index (χ0v) is 11.2. The zero-order chi connectivity index (χ0) is 11.7. The predicted octanol–water partition coefficient (Wildman–Crippen LogP) is 1.15. The average molecular weight is 237 g/mol. The van der Waals surface area contributed by atoms with E-state index in [4.69, 9.17) is 0 Å². The summed E-state index contributed by atoms with van der Waals surface area (Å²) in [7, 11) is 0. The van der Waals surface area contributed by atoms with Gasteiger partial charge < -0.3 is 5.32 Å². The first-order valence-electron chi connectivity index (χ1n) is 7.57. The molecule has 3 unspecified atom stereocenters. The van der Waals surface area contributed by atoms with Crippen LogP contribution in [0.4, 0.5) is 0 Å². The third kappa shape index (κ3) is 2.38. The van der Waals surface area contributed by atoms with Gasteiger partial charge in [-0.25, -0.2) is 0 Å². The van der Waals surface area contributed by atoms with Gasteiger partial charge in [-0.05, 0) is 31.8 Å². The van der Waals surface area contributed by atoms with Crippen molar-refractivity contribution in [2.75, 3.05) is 39.3 Å². The van der Waals surface area contributed by atoms with Crippen molar-refractivity contribution >= 4 is 0 Å². The maximum atomic E-state index is 3.59. The van der Waals surface area contributed by atoms with Crippen LogP contribution in [-0.4, -0.2) is 61.2 Å². The van der Waals surface area contributed by atoms with Crippen molar-refractivity contribution in [2.24, 2.45) is 5.92 Å². The third-order valence-electron chi connectivity index (χ3n) is 5.17. The largest absolute Gasteiger partial charge is 0.315 e. The summed E-state index contributed by atoms with van der Waals surface area (Å²) in [5.41, 5.74) is 0. The molecule has 3 heteroatoms. The number of hydrogen-bond donors (Lipinski definition) is 1. The molecule has 3 rings (SSSR count). The van der Waals surface area contributed by atoms with Crippen molar-refractivity contribution in [3.05, 3.63) is 0 Å². The molecule has 3 aliphatic heterocycles. The van der Waals surface area contributed by atoms with Crippen LogP contribution in [-0.2, 0) is 0 Å². The summed E-state index contributed by atoms with van der Waals surface area (Å²) in [4.78, 5) is 5.53. The van der Waals surface area contributed by atoms with Gasteiger partial charge in [0.15, 0.2) is 0 Å². The number of hydrogen-bond acceptors (Lipinski definition) is 3. The second-order valence-corrected chi connectivity index (χ2v) is 6.07. The quantitative estimate of drug-likeness (QED) is 0.777. The fraction of sp³-hybridized carbons (Fsp3) is 1.00. The van der Waals surface area contributed by atoms with E-state index < -0.39 is 0 Å². The number of rotatable bonds is 2. The highest BCUT2D eigenvalue weighted by Gasteiger charge is 2.36. The van der Waals surface area contributed by atoms with E-state index in [0.717, 1.165) is 18.0 Å². The summed E-state index contributed by atoms with van der Waals surface area (Å²) in [6.07, 6.45) is 5.66. The number of piperidine rings is 1. The van der Waals surface area contributed by atoms with Crippen LogP contribution in [0.2, 0.25) is 0 Å². The van der Waals surface area contributed by atoms with Gasteiger partial charge in [0, 0.05) is 38.3 Å². The van der Waals surface area contributed by atoms with E-state index in [0.29, 0.717) is 0 Å². The van der Waals surface area contributed by atoms with Gasteiger partial charge in [0.2, 0.25) is 0 Å². The number of nitrogens with zero attached hydrogens (tertiary/aromatic N) is 2. The standard InChI is InChI=1S/C14H27N3/c1-2-12-9-15-10-14(12)17-8-7-16-6-4-3-5-13(16)11-17/h12-15H,2-11H2,1H3. The van der Waals surface area contributed by atoms with E-state index in [9.17, 15) is 0 Å². The summed E-state index contributed by atoms with van der Waals surface area (Å²) in [6, 6.07) is 1.69. The summed E-state index contributed by atoms with van der Waals surface area (Å²) in [6.45, 7) is 10.1. The topological polar surface area (TPSA) is 18.5 Å². The first-order chi connectivity index (χ1) is 8.38. The van der Waals surface area contributed by atoms with Gasteiger partial charge in [0.05, 0.1) is 0 Å². The second kappa shape index (κ2) is 5.25. The molecular formula is C14H27N3. The van der Waals surface area contributed by atoms with Crippen LogP contribution in [0, 0.1) is 5.92 Å². The summed E-state index contributed by atoms with van der Waals surface area (Å²) >= 11 is 0. The minimum absolute atomic E-state index is 0.823. The van der Waals surface area contributed by atoms with Gasteiger partial charge in [-0.2, -0.15) is 0 Å². The molecule has 3 heterocycles. The van der Waals surface area contributed by atoms with E-state index in [1.54, 1.807) is 0 Å². The summed E-state index contributed by atoms with van der Waals surface area (Å²) in [5.74, 6) is 0.894. The van der Waals surface area contributed by atoms with Crippen LogP contribution < -0.4 is 5.32 Å². The highest BCUT2D eigenvalue weighted by molar-refractivity contribution is 4.93. The molecule has 0 radical (unpaired) electrons. The lowest BCUT2D eigenvalue weighted by Gasteiger charge is -2.46. The SMILES string of the molecule is CCC1CNCC1N1CCN2CCCCC2C1. The Morgan fingerprint density at radius 2 is 1.94 bits per heavy atom. The molecule has 3 aliphatic rings. The molecule has 1 N–H and O–H groups in total. The van der Waals surface area contributed by atoms with Crippen LogP contribution in [0.15, 0.2) is 0 Å². The molecule has 0 aromatic rings. The number of piperazine rings is 1. The smallest absolute Gasteiger partial charge is 0.0262 e. The molecule has 3 nitrogen and oxygen atoms in total. The lowest BCUT2D eigenvalue weighted by Crippen LogP contribution is -2.58. The Balaban J connectivity index is 1.61. The zero-order valence-electron chi connectivity index (χ0n) is 11.2. The molecule has 0 amide bonds. The van der Waals surface area contributed by atoms with Gasteiger partial charge in [0.1, 0.15) is 0 Å². The highest BCUT2D eigenvalue weighted by atomic mass is 15.3. The molecule has 0 bridgehead atoms. The average Bonchev–Trinajstić information content (AvgIpc) is 2.86. The van der Waals surface area contributed by atoms with Gasteiger partial charge in [-0.3, -0.25) is 9.80 Å². The van der Waals surface area contributed by atoms with Crippen molar-refractivity contribution in [1.29, 1.82) is 0 Å². The van der Waals surface area contributed by atoms with Gasteiger partial charge in [0.25, 0.3) is 0 Å². The minimum Gasteiger partial charge on any atom is -0.315 e. The Bertz CT molecular complexity index is 256. The van der Waals surface area contributed by atoms with Gasteiger partial charge in [-0.1, -0.05) is 19.8 Å². The Hall–Kier alpha value is -0.120. The lowest BCUT2D eigenvalue weighted by molar-refractivity contribution is 0.0216. The van der Waals surface area contributed by atoms with Crippen LogP contribution in [0.1, 0.15) is 32.6 Å². The Morgan fingerprint density at radius 1 is 1.06 bits per heavy atom. The molecule has 0 spiro atoms. The van der Waals surface area contributed by atoms with Crippen molar-refractivity contribution in [2.45, 2.75) is 44.7 Å². The van der Waals surface area contributed by atoms with E-state index in [-0.39, 0.29) is 0 Å². The molecular weight excluding hydrogens is 210 g/mol. The van der Waals surface area contributed by atoms with Crippen molar-refractivity contribution in [3.63, 3.8) is 0 Å². The van der Waals surface area contributed by atoms with Crippen molar-refractivity contribution in [3.8, 4) is 0 Å². The molecule has 3 saturated heterocycles. The Kier molecular flexibility index (Phi) is 3.69. The molecule has 0 aromatic carbocycles. The van der Waals surface area contributed by atoms with Crippen LogP contribution in [0.3, 0.4) is 0 Å². The molecule has 3 atom stereocenters.